The summed E-state index contributed by atoms with van der Waals surface area (Å²) in [5.74, 6) is 1.53. The summed E-state index contributed by atoms with van der Waals surface area (Å²) in [4.78, 5) is 11.3. The van der Waals surface area contributed by atoms with Gasteiger partial charge in [-0.2, -0.15) is 5.10 Å². The Morgan fingerprint density at radius 2 is 2.19 bits per heavy atom. The van der Waals surface area contributed by atoms with Gasteiger partial charge in [-0.15, -0.1) is 0 Å². The molecule has 0 aliphatic carbocycles. The lowest BCUT2D eigenvalue weighted by Gasteiger charge is -2.29. The van der Waals surface area contributed by atoms with Crippen LogP contribution in [0.5, 0.6) is 0 Å². The molecule has 0 atom stereocenters. The van der Waals surface area contributed by atoms with Gasteiger partial charge in [0.15, 0.2) is 16.8 Å². The number of nitrogens with one attached hydrogen (secondary N) is 3. The zero-order valence-electron chi connectivity index (χ0n) is 14.2. The van der Waals surface area contributed by atoms with Gasteiger partial charge in [-0.25, -0.2) is 4.98 Å². The number of hydrazone groups is 1. The summed E-state index contributed by atoms with van der Waals surface area (Å²) in [6, 6.07) is 13.9. The van der Waals surface area contributed by atoms with Crippen LogP contribution in [0.4, 0.5) is 16.5 Å². The Bertz CT molecular complexity index is 1040. The SMILES string of the molecule is Clc1ccc2c(c1)N1CNN=C1C(=NCCNc1nc3ccccc3s1)N2. The standard InChI is InChI=1S/C18H16ClN7S/c19-11-5-6-12-14(9-11)26-10-22-25-17(26)16(23-12)20-7-8-21-18-24-13-3-1-2-4-15(13)27-18/h1-6,9,22H,7-8,10H2,(H,20,23)(H,21,24). The maximum absolute atomic E-state index is 6.14. The molecule has 5 rings (SSSR count). The van der Waals surface area contributed by atoms with E-state index in [1.807, 2.05) is 36.4 Å². The van der Waals surface area contributed by atoms with Gasteiger partial charge in [0.05, 0.1) is 28.1 Å². The Hall–Kier alpha value is -2.84. The third-order valence-corrected chi connectivity index (χ3v) is 5.57. The smallest absolute Gasteiger partial charge is 0.197 e. The van der Waals surface area contributed by atoms with Crippen molar-refractivity contribution < 1.29 is 0 Å². The van der Waals surface area contributed by atoms with Crippen molar-refractivity contribution in [2.75, 3.05) is 35.3 Å². The van der Waals surface area contributed by atoms with Crippen LogP contribution in [-0.4, -0.2) is 36.4 Å². The van der Waals surface area contributed by atoms with Crippen molar-refractivity contribution in [3.05, 3.63) is 47.5 Å². The van der Waals surface area contributed by atoms with Crippen LogP contribution in [0, 0.1) is 0 Å². The van der Waals surface area contributed by atoms with Gasteiger partial charge in [-0.1, -0.05) is 35.1 Å². The van der Waals surface area contributed by atoms with Crippen LogP contribution >= 0.6 is 22.9 Å². The lowest BCUT2D eigenvalue weighted by Crippen LogP contribution is -2.42. The molecule has 9 heteroatoms. The minimum atomic E-state index is 0.604. The Morgan fingerprint density at radius 3 is 3.11 bits per heavy atom. The average Bonchev–Trinajstić information content (AvgIpc) is 3.32. The molecule has 0 unspecified atom stereocenters. The predicted molar refractivity (Wildman–Crippen MR) is 113 cm³/mol. The summed E-state index contributed by atoms with van der Waals surface area (Å²) in [5, 5.41) is 12.7. The summed E-state index contributed by atoms with van der Waals surface area (Å²) in [5.41, 5.74) is 6.00. The lowest BCUT2D eigenvalue weighted by molar-refractivity contribution is 0.808. The van der Waals surface area contributed by atoms with Gasteiger partial charge in [-0.3, -0.25) is 10.4 Å². The number of thiazole rings is 1. The number of para-hydroxylation sites is 1. The molecule has 1 aromatic heterocycles. The maximum atomic E-state index is 6.14. The Labute approximate surface area is 164 Å². The molecule has 3 N–H and O–H groups in total. The Kier molecular flexibility index (Phi) is 4.06. The first-order valence-corrected chi connectivity index (χ1v) is 9.76. The van der Waals surface area contributed by atoms with Gasteiger partial charge < -0.3 is 15.5 Å². The number of fused-ring (bicyclic) bond motifs is 4. The molecule has 0 amide bonds. The number of nitrogens with zero attached hydrogens (tertiary/aromatic N) is 4. The topological polar surface area (TPSA) is 76.9 Å². The Morgan fingerprint density at radius 1 is 1.26 bits per heavy atom. The molecule has 0 saturated heterocycles. The van der Waals surface area contributed by atoms with E-state index in [0.29, 0.717) is 24.8 Å². The van der Waals surface area contributed by atoms with E-state index in [1.54, 1.807) is 11.3 Å². The van der Waals surface area contributed by atoms with Crippen LogP contribution in [0.15, 0.2) is 52.6 Å². The van der Waals surface area contributed by atoms with E-state index in [0.717, 1.165) is 33.7 Å². The average molecular weight is 398 g/mol. The van der Waals surface area contributed by atoms with E-state index in [1.165, 1.54) is 4.70 Å². The van der Waals surface area contributed by atoms with Crippen LogP contribution < -0.4 is 21.0 Å². The van der Waals surface area contributed by atoms with Gasteiger partial charge >= 0.3 is 0 Å². The third kappa shape index (κ3) is 3.07. The first-order chi connectivity index (χ1) is 13.3. The predicted octanol–water partition coefficient (Wildman–Crippen LogP) is 3.57. The summed E-state index contributed by atoms with van der Waals surface area (Å²) >= 11 is 7.79. The number of amidine groups is 2. The lowest BCUT2D eigenvalue weighted by atomic mass is 10.2. The molecule has 0 spiro atoms. The highest BCUT2D eigenvalue weighted by atomic mass is 35.5. The molecule has 0 fully saturated rings. The number of benzene rings is 2. The first kappa shape index (κ1) is 16.3. The van der Waals surface area contributed by atoms with Gasteiger partial charge in [0, 0.05) is 11.6 Å². The summed E-state index contributed by atoms with van der Waals surface area (Å²) < 4.78 is 1.18. The molecule has 136 valence electrons. The maximum Gasteiger partial charge on any atom is 0.197 e. The summed E-state index contributed by atoms with van der Waals surface area (Å²) in [6.45, 7) is 1.90. The fourth-order valence-electron chi connectivity index (χ4n) is 3.10. The van der Waals surface area contributed by atoms with E-state index in [4.69, 9.17) is 16.6 Å². The highest BCUT2D eigenvalue weighted by Gasteiger charge is 2.30. The van der Waals surface area contributed by atoms with Gasteiger partial charge in [0.2, 0.25) is 0 Å². The molecular weight excluding hydrogens is 382 g/mol. The minimum Gasteiger partial charge on any atom is -0.360 e. The number of hydrogen-bond donors (Lipinski definition) is 3. The van der Waals surface area contributed by atoms with Crippen molar-refractivity contribution >= 4 is 61.3 Å². The van der Waals surface area contributed by atoms with Gasteiger partial charge in [0.25, 0.3) is 0 Å². The van der Waals surface area contributed by atoms with Crippen molar-refractivity contribution in [2.24, 2.45) is 10.1 Å². The van der Waals surface area contributed by atoms with Crippen molar-refractivity contribution in [3.8, 4) is 0 Å². The molecule has 2 aliphatic heterocycles. The normalized spacial score (nSPS) is 16.6. The van der Waals surface area contributed by atoms with Crippen LogP contribution in [-0.2, 0) is 0 Å². The van der Waals surface area contributed by atoms with Crippen LogP contribution in [0.2, 0.25) is 5.02 Å². The van der Waals surface area contributed by atoms with E-state index in [9.17, 15) is 0 Å². The molecule has 2 aromatic carbocycles. The minimum absolute atomic E-state index is 0.604. The fourth-order valence-corrected chi connectivity index (χ4v) is 4.16. The highest BCUT2D eigenvalue weighted by Crippen LogP contribution is 2.33. The molecular formula is C18H16ClN7S. The number of halogens is 1. The Balaban J connectivity index is 1.29. The second-order valence-electron chi connectivity index (χ2n) is 6.11. The number of rotatable bonds is 4. The van der Waals surface area contributed by atoms with Crippen molar-refractivity contribution in [1.82, 2.24) is 10.4 Å². The number of aromatic nitrogens is 1. The highest BCUT2D eigenvalue weighted by molar-refractivity contribution is 7.22. The number of anilines is 3. The molecule has 0 saturated carbocycles. The van der Waals surface area contributed by atoms with E-state index < -0.39 is 0 Å². The molecule has 2 aliphatic rings. The van der Waals surface area contributed by atoms with Crippen LogP contribution in [0.3, 0.4) is 0 Å². The van der Waals surface area contributed by atoms with E-state index in [2.05, 4.69) is 37.1 Å². The molecule has 3 aromatic rings. The monoisotopic (exact) mass is 397 g/mol. The third-order valence-electron chi connectivity index (χ3n) is 4.34. The van der Waals surface area contributed by atoms with Crippen LogP contribution in [0.1, 0.15) is 0 Å². The fraction of sp³-hybridized carbons (Fsp3) is 0.167. The number of aliphatic imine (C=N–C) groups is 1. The van der Waals surface area contributed by atoms with E-state index in [-0.39, 0.29) is 0 Å². The summed E-state index contributed by atoms with van der Waals surface area (Å²) in [7, 11) is 0. The van der Waals surface area contributed by atoms with Gasteiger partial charge in [0.1, 0.15) is 6.67 Å². The van der Waals surface area contributed by atoms with Crippen LogP contribution in [0.25, 0.3) is 10.2 Å². The zero-order chi connectivity index (χ0) is 18.2. The van der Waals surface area contributed by atoms with Gasteiger partial charge in [-0.05, 0) is 30.3 Å². The zero-order valence-corrected chi connectivity index (χ0v) is 15.8. The van der Waals surface area contributed by atoms with Crippen molar-refractivity contribution in [1.29, 1.82) is 0 Å². The second-order valence-corrected chi connectivity index (χ2v) is 7.58. The quantitative estimate of drug-likeness (QED) is 0.587. The van der Waals surface area contributed by atoms with Crippen molar-refractivity contribution in [2.45, 2.75) is 0 Å². The van der Waals surface area contributed by atoms with Crippen molar-refractivity contribution in [3.63, 3.8) is 0 Å². The molecule has 27 heavy (non-hydrogen) atoms. The molecule has 7 nitrogen and oxygen atoms in total. The molecule has 0 radical (unpaired) electrons. The summed E-state index contributed by atoms with van der Waals surface area (Å²) in [6.07, 6.45) is 0. The second kappa shape index (κ2) is 6.71. The number of hydrogen-bond acceptors (Lipinski definition) is 7. The van der Waals surface area contributed by atoms with E-state index >= 15 is 0 Å². The molecule has 0 bridgehead atoms. The first-order valence-electron chi connectivity index (χ1n) is 8.57. The largest absolute Gasteiger partial charge is 0.360 e. The molecule has 3 heterocycles.